The van der Waals surface area contributed by atoms with Crippen LogP contribution in [0.15, 0.2) is 57.7 Å². The summed E-state index contributed by atoms with van der Waals surface area (Å²) in [6.45, 7) is 3.64. The molecule has 0 saturated heterocycles. The molecule has 4 rings (SSSR count). The molecule has 146 valence electrons. The molecule has 2 aromatic carbocycles. The van der Waals surface area contributed by atoms with Crippen molar-refractivity contribution in [3.05, 3.63) is 81.3 Å². The van der Waals surface area contributed by atoms with Gasteiger partial charge in [0.05, 0.1) is 11.1 Å². The normalized spacial score (nSPS) is 11.1. The van der Waals surface area contributed by atoms with E-state index >= 15 is 0 Å². The predicted octanol–water partition coefficient (Wildman–Crippen LogP) is 4.27. The number of aromatic nitrogens is 1. The number of nitrogens with zero attached hydrogens (tertiary/aromatic N) is 1. The summed E-state index contributed by atoms with van der Waals surface area (Å²) < 4.78 is 10.7. The highest BCUT2D eigenvalue weighted by Gasteiger charge is 2.16. The highest BCUT2D eigenvalue weighted by Crippen LogP contribution is 2.27. The number of benzene rings is 2. The van der Waals surface area contributed by atoms with Crippen LogP contribution in [0, 0.1) is 6.92 Å². The van der Waals surface area contributed by atoms with Crippen molar-refractivity contribution in [1.82, 2.24) is 4.98 Å². The van der Waals surface area contributed by atoms with Gasteiger partial charge in [-0.25, -0.2) is 9.59 Å². The Morgan fingerprint density at radius 2 is 1.90 bits per heavy atom. The molecule has 0 spiro atoms. The second-order valence-electron chi connectivity index (χ2n) is 6.83. The lowest BCUT2D eigenvalue weighted by molar-refractivity contribution is 0.0476. The summed E-state index contributed by atoms with van der Waals surface area (Å²) in [6.07, 6.45) is 0.614. The molecule has 0 amide bonds. The Kier molecular flexibility index (Phi) is 4.76. The fraction of sp³-hybridized carbons (Fsp3) is 0.174. The topological polar surface area (TPSA) is 89.6 Å². The number of phenols is 1. The van der Waals surface area contributed by atoms with Gasteiger partial charge in [-0.15, -0.1) is 0 Å². The summed E-state index contributed by atoms with van der Waals surface area (Å²) in [4.78, 5) is 29.1. The number of carbonyl (C=O) groups excluding carboxylic acids is 1. The molecule has 0 unspecified atom stereocenters. The fourth-order valence-electron chi connectivity index (χ4n) is 3.41. The molecule has 0 fully saturated rings. The van der Waals surface area contributed by atoms with Crippen molar-refractivity contribution in [3.63, 3.8) is 0 Å². The number of phenolic OH excluding ortho intramolecular Hbond substituents is 1. The Balaban J connectivity index is 1.70. The van der Waals surface area contributed by atoms with E-state index in [1.165, 1.54) is 12.1 Å². The summed E-state index contributed by atoms with van der Waals surface area (Å²) in [5, 5.41) is 11.4. The molecule has 0 atom stereocenters. The quantitative estimate of drug-likeness (QED) is 0.414. The first kappa shape index (κ1) is 18.7. The zero-order valence-corrected chi connectivity index (χ0v) is 16.1. The Labute approximate surface area is 166 Å². The number of hydrogen-bond acceptors (Lipinski definition) is 6. The molecule has 6 nitrogen and oxygen atoms in total. The lowest BCUT2D eigenvalue weighted by Crippen LogP contribution is -2.09. The van der Waals surface area contributed by atoms with E-state index in [9.17, 15) is 14.7 Å². The van der Waals surface area contributed by atoms with Crippen molar-refractivity contribution in [1.29, 1.82) is 0 Å². The van der Waals surface area contributed by atoms with Crippen molar-refractivity contribution in [3.8, 4) is 5.75 Å². The van der Waals surface area contributed by atoms with E-state index in [0.29, 0.717) is 39.5 Å². The smallest absolute Gasteiger partial charge is 0.339 e. The highest BCUT2D eigenvalue weighted by atomic mass is 16.5. The maximum absolute atomic E-state index is 12.8. The van der Waals surface area contributed by atoms with Gasteiger partial charge in [0.2, 0.25) is 0 Å². The van der Waals surface area contributed by atoms with Gasteiger partial charge in [0, 0.05) is 34.2 Å². The Morgan fingerprint density at radius 1 is 1.10 bits per heavy atom. The number of aryl methyl sites for hydroxylation is 2. The van der Waals surface area contributed by atoms with Crippen LogP contribution in [-0.4, -0.2) is 16.1 Å². The maximum atomic E-state index is 12.8. The van der Waals surface area contributed by atoms with Crippen LogP contribution >= 0.6 is 0 Å². The first-order valence-corrected chi connectivity index (χ1v) is 9.28. The van der Waals surface area contributed by atoms with E-state index < -0.39 is 11.6 Å². The van der Waals surface area contributed by atoms with Crippen molar-refractivity contribution < 1.29 is 19.1 Å². The van der Waals surface area contributed by atoms with E-state index in [4.69, 9.17) is 9.15 Å². The number of esters is 1. The molecule has 0 bridgehead atoms. The molecule has 0 aliphatic heterocycles. The molecular formula is C23H19NO5. The first-order chi connectivity index (χ1) is 14.0. The van der Waals surface area contributed by atoms with Gasteiger partial charge in [0.1, 0.15) is 17.9 Å². The average Bonchev–Trinajstić information content (AvgIpc) is 2.70. The van der Waals surface area contributed by atoms with Crippen molar-refractivity contribution >= 4 is 27.8 Å². The third-order valence-electron chi connectivity index (χ3n) is 4.83. The van der Waals surface area contributed by atoms with Gasteiger partial charge in [-0.3, -0.25) is 4.98 Å². The third-order valence-corrected chi connectivity index (χ3v) is 4.83. The zero-order chi connectivity index (χ0) is 20.5. The second-order valence-corrected chi connectivity index (χ2v) is 6.83. The highest BCUT2D eigenvalue weighted by molar-refractivity contribution is 6.03. The number of ether oxygens (including phenoxy) is 1. The summed E-state index contributed by atoms with van der Waals surface area (Å²) >= 11 is 0. The van der Waals surface area contributed by atoms with E-state index in [2.05, 4.69) is 4.98 Å². The Bertz CT molecular complexity index is 1310. The standard InChI is InChI=1S/C23H19NO5/c1-3-14-9-17-15(10-22(26)29-21(17)11-20(14)25)12-28-23(27)18-8-13(2)24-19-7-5-4-6-16(18)19/h4-11,25H,3,12H2,1-2H3. The van der Waals surface area contributed by atoms with Crippen molar-refractivity contribution in [2.24, 2.45) is 0 Å². The minimum absolute atomic E-state index is 0.0658. The number of rotatable bonds is 4. The van der Waals surface area contributed by atoms with Crippen molar-refractivity contribution in [2.45, 2.75) is 26.9 Å². The number of hydrogen-bond donors (Lipinski definition) is 1. The average molecular weight is 389 g/mol. The lowest BCUT2D eigenvalue weighted by Gasteiger charge is -2.11. The first-order valence-electron chi connectivity index (χ1n) is 9.28. The van der Waals surface area contributed by atoms with E-state index in [1.807, 2.05) is 38.1 Å². The van der Waals surface area contributed by atoms with E-state index in [1.54, 1.807) is 12.1 Å². The Hall–Kier alpha value is -3.67. The molecule has 0 radical (unpaired) electrons. The largest absolute Gasteiger partial charge is 0.508 e. The van der Waals surface area contributed by atoms with Crippen LogP contribution in [-0.2, 0) is 17.8 Å². The van der Waals surface area contributed by atoms with Crippen molar-refractivity contribution in [2.75, 3.05) is 0 Å². The third kappa shape index (κ3) is 3.57. The predicted molar refractivity (Wildman–Crippen MR) is 109 cm³/mol. The van der Waals surface area contributed by atoms with Crippen LogP contribution in [0.3, 0.4) is 0 Å². The van der Waals surface area contributed by atoms with Gasteiger partial charge in [-0.1, -0.05) is 25.1 Å². The number of pyridine rings is 1. The Morgan fingerprint density at radius 3 is 2.69 bits per heavy atom. The summed E-state index contributed by atoms with van der Waals surface area (Å²) in [7, 11) is 0. The van der Waals surface area contributed by atoms with Crippen LogP contribution in [0.25, 0.3) is 21.9 Å². The number of para-hydroxylation sites is 1. The molecular weight excluding hydrogens is 370 g/mol. The lowest BCUT2D eigenvalue weighted by atomic mass is 10.0. The van der Waals surface area contributed by atoms with Crippen LogP contribution in [0.2, 0.25) is 0 Å². The summed E-state index contributed by atoms with van der Waals surface area (Å²) in [5.41, 5.74) is 2.77. The molecule has 6 heteroatoms. The summed E-state index contributed by atoms with van der Waals surface area (Å²) in [6, 6.07) is 13.5. The molecule has 0 aliphatic carbocycles. The minimum atomic E-state index is -0.572. The van der Waals surface area contributed by atoms with Gasteiger partial charge in [0.15, 0.2) is 0 Å². The van der Waals surface area contributed by atoms with Gasteiger partial charge < -0.3 is 14.3 Å². The minimum Gasteiger partial charge on any atom is -0.508 e. The second kappa shape index (κ2) is 7.39. The van der Waals surface area contributed by atoms with Gasteiger partial charge in [-0.2, -0.15) is 0 Å². The number of carbonyl (C=O) groups is 1. The van der Waals surface area contributed by atoms with Gasteiger partial charge >= 0.3 is 11.6 Å². The van der Waals surface area contributed by atoms with Crippen LogP contribution < -0.4 is 5.63 Å². The van der Waals surface area contributed by atoms with Crippen LogP contribution in [0.5, 0.6) is 5.75 Å². The monoisotopic (exact) mass is 389 g/mol. The zero-order valence-electron chi connectivity index (χ0n) is 16.1. The molecule has 1 N–H and O–H groups in total. The SMILES string of the molecule is CCc1cc2c(COC(=O)c3cc(C)nc4ccccc34)cc(=O)oc2cc1O. The summed E-state index contributed by atoms with van der Waals surface area (Å²) in [5.74, 6) is -0.432. The van der Waals surface area contributed by atoms with E-state index in [-0.39, 0.29) is 17.9 Å². The maximum Gasteiger partial charge on any atom is 0.339 e. The van der Waals surface area contributed by atoms with Crippen LogP contribution in [0.4, 0.5) is 0 Å². The fourth-order valence-corrected chi connectivity index (χ4v) is 3.41. The molecule has 0 saturated carbocycles. The number of fused-ring (bicyclic) bond motifs is 2. The van der Waals surface area contributed by atoms with Crippen LogP contribution in [0.1, 0.15) is 34.1 Å². The van der Waals surface area contributed by atoms with Gasteiger partial charge in [0.25, 0.3) is 0 Å². The molecule has 29 heavy (non-hydrogen) atoms. The van der Waals surface area contributed by atoms with Gasteiger partial charge in [-0.05, 0) is 37.1 Å². The molecule has 4 aromatic rings. The molecule has 2 aromatic heterocycles. The molecule has 2 heterocycles. The number of aromatic hydroxyl groups is 1. The molecule has 0 aliphatic rings. The van der Waals surface area contributed by atoms with E-state index in [0.717, 1.165) is 5.56 Å².